The fourth-order valence-corrected chi connectivity index (χ4v) is 5.24. The number of hydrogen-bond acceptors (Lipinski definition) is 5. The predicted octanol–water partition coefficient (Wildman–Crippen LogP) is 5.87. The lowest BCUT2D eigenvalue weighted by atomic mass is 9.74. The maximum Gasteiger partial charge on any atom is 0.163 e. The fraction of sp³-hybridized carbons (Fsp3) is 0.370. The van der Waals surface area contributed by atoms with E-state index in [4.69, 9.17) is 4.74 Å². The minimum absolute atomic E-state index is 0.000476. The summed E-state index contributed by atoms with van der Waals surface area (Å²) in [4.78, 5) is 13.3. The molecule has 0 saturated carbocycles. The Bertz CT molecular complexity index is 1170. The summed E-state index contributed by atoms with van der Waals surface area (Å²) in [5.41, 5.74) is 2.68. The van der Waals surface area contributed by atoms with Gasteiger partial charge < -0.3 is 10.1 Å². The van der Waals surface area contributed by atoms with Crippen LogP contribution in [0.1, 0.15) is 62.9 Å². The van der Waals surface area contributed by atoms with Gasteiger partial charge in [-0.2, -0.15) is 10.4 Å². The van der Waals surface area contributed by atoms with Gasteiger partial charge in [-0.25, -0.2) is 0 Å². The number of H-pyrrole nitrogens is 1. The Morgan fingerprint density at radius 2 is 1.85 bits per heavy atom. The number of ether oxygens (including phenoxy) is 1. The van der Waals surface area contributed by atoms with E-state index in [0.29, 0.717) is 35.0 Å². The monoisotopic (exact) mass is 442 g/mol. The number of piperidine rings is 1. The summed E-state index contributed by atoms with van der Waals surface area (Å²) >= 11 is 0. The number of rotatable bonds is 6. The molecule has 0 bridgehead atoms. The SMILES string of the molecule is CC1(C)CC(CC(=O)c2ccc(Oc3ccccc3C#N)c(-c3cn[nH]c3)c2)CC(C)(C)N1. The van der Waals surface area contributed by atoms with Gasteiger partial charge >= 0.3 is 0 Å². The first kappa shape index (κ1) is 22.8. The zero-order chi connectivity index (χ0) is 23.6. The fourth-order valence-electron chi connectivity index (χ4n) is 5.24. The summed E-state index contributed by atoms with van der Waals surface area (Å²) in [7, 11) is 0. The van der Waals surface area contributed by atoms with Crippen LogP contribution in [-0.2, 0) is 0 Å². The topological polar surface area (TPSA) is 90.8 Å². The Labute approximate surface area is 195 Å². The van der Waals surface area contributed by atoms with Crippen LogP contribution in [0, 0.1) is 17.2 Å². The first-order valence-corrected chi connectivity index (χ1v) is 11.3. The van der Waals surface area contributed by atoms with Gasteiger partial charge in [0.05, 0.1) is 11.8 Å². The smallest absolute Gasteiger partial charge is 0.163 e. The third kappa shape index (κ3) is 5.32. The molecule has 0 radical (unpaired) electrons. The average molecular weight is 443 g/mol. The van der Waals surface area contributed by atoms with Crippen LogP contribution in [-0.4, -0.2) is 27.1 Å². The van der Waals surface area contributed by atoms with Gasteiger partial charge in [-0.05, 0) is 76.8 Å². The van der Waals surface area contributed by atoms with Crippen LogP contribution in [0.25, 0.3) is 11.1 Å². The van der Waals surface area contributed by atoms with E-state index in [1.165, 1.54) is 0 Å². The van der Waals surface area contributed by atoms with Crippen molar-refractivity contribution in [3.63, 3.8) is 0 Å². The molecule has 2 N–H and O–H groups in total. The van der Waals surface area contributed by atoms with Gasteiger partial charge in [-0.3, -0.25) is 9.89 Å². The normalized spacial score (nSPS) is 17.3. The Morgan fingerprint density at radius 1 is 1.12 bits per heavy atom. The highest BCUT2D eigenvalue weighted by Gasteiger charge is 2.38. The molecule has 1 fully saturated rings. The summed E-state index contributed by atoms with van der Waals surface area (Å²) < 4.78 is 6.11. The number of Topliss-reactive ketones (excluding diaryl/α,β-unsaturated/α-hetero) is 1. The summed E-state index contributed by atoms with van der Waals surface area (Å²) in [6, 6.07) is 14.7. The van der Waals surface area contributed by atoms with E-state index >= 15 is 0 Å². The van der Waals surface area contributed by atoms with Crippen molar-refractivity contribution in [2.75, 3.05) is 0 Å². The van der Waals surface area contributed by atoms with E-state index in [1.807, 2.05) is 18.2 Å². The highest BCUT2D eigenvalue weighted by molar-refractivity contribution is 5.98. The van der Waals surface area contributed by atoms with Crippen molar-refractivity contribution in [3.05, 3.63) is 66.0 Å². The minimum Gasteiger partial charge on any atom is -0.455 e. The van der Waals surface area contributed by atoms with Crippen LogP contribution in [0.4, 0.5) is 0 Å². The molecule has 1 aliphatic heterocycles. The van der Waals surface area contributed by atoms with Crippen LogP contribution in [0.3, 0.4) is 0 Å². The number of nitrogens with zero attached hydrogens (tertiary/aromatic N) is 2. The third-order valence-electron chi connectivity index (χ3n) is 6.09. The average Bonchev–Trinajstić information content (AvgIpc) is 3.26. The second kappa shape index (κ2) is 8.84. The van der Waals surface area contributed by atoms with Gasteiger partial charge in [-0.1, -0.05) is 12.1 Å². The molecule has 1 aromatic heterocycles. The number of para-hydroxylation sites is 1. The zero-order valence-electron chi connectivity index (χ0n) is 19.6. The van der Waals surface area contributed by atoms with E-state index in [-0.39, 0.29) is 16.9 Å². The van der Waals surface area contributed by atoms with Crippen molar-refractivity contribution in [1.82, 2.24) is 15.5 Å². The molecule has 0 atom stereocenters. The van der Waals surface area contributed by atoms with Crippen LogP contribution < -0.4 is 10.1 Å². The number of carbonyl (C=O) groups excluding carboxylic acids is 1. The molecule has 2 heterocycles. The molecule has 4 rings (SSSR count). The molecule has 1 saturated heterocycles. The molecule has 170 valence electrons. The molecule has 3 aromatic rings. The van der Waals surface area contributed by atoms with Crippen LogP contribution in [0.15, 0.2) is 54.9 Å². The molecule has 0 aliphatic carbocycles. The first-order chi connectivity index (χ1) is 15.7. The van der Waals surface area contributed by atoms with Crippen molar-refractivity contribution >= 4 is 5.78 Å². The molecular weight excluding hydrogens is 412 g/mol. The Balaban J connectivity index is 1.62. The van der Waals surface area contributed by atoms with Crippen molar-refractivity contribution in [3.8, 4) is 28.7 Å². The lowest BCUT2D eigenvalue weighted by Crippen LogP contribution is -2.57. The molecule has 1 aliphatic rings. The molecule has 33 heavy (non-hydrogen) atoms. The highest BCUT2D eigenvalue weighted by atomic mass is 16.5. The van der Waals surface area contributed by atoms with Gasteiger partial charge in [0.1, 0.15) is 17.6 Å². The molecule has 0 unspecified atom stereocenters. The minimum atomic E-state index is 0.000476. The number of nitriles is 1. The van der Waals surface area contributed by atoms with Crippen molar-refractivity contribution < 1.29 is 9.53 Å². The highest BCUT2D eigenvalue weighted by Crippen LogP contribution is 2.38. The largest absolute Gasteiger partial charge is 0.455 e. The molecule has 2 aromatic carbocycles. The van der Waals surface area contributed by atoms with E-state index in [9.17, 15) is 10.1 Å². The Kier molecular flexibility index (Phi) is 6.09. The van der Waals surface area contributed by atoms with Crippen molar-refractivity contribution in [1.29, 1.82) is 5.26 Å². The summed E-state index contributed by atoms with van der Waals surface area (Å²) in [5, 5.41) is 20.0. The van der Waals surface area contributed by atoms with Crippen molar-refractivity contribution in [2.45, 2.75) is 58.0 Å². The summed E-state index contributed by atoms with van der Waals surface area (Å²) in [6.45, 7) is 8.81. The molecule has 0 spiro atoms. The zero-order valence-corrected chi connectivity index (χ0v) is 19.6. The number of nitrogens with one attached hydrogen (secondary N) is 2. The number of carbonyl (C=O) groups is 1. The number of aromatic amines is 1. The van der Waals surface area contributed by atoms with E-state index in [2.05, 4.69) is 49.3 Å². The van der Waals surface area contributed by atoms with Crippen LogP contribution in [0.5, 0.6) is 11.5 Å². The molecular formula is C27H30N4O2. The van der Waals surface area contributed by atoms with Gasteiger partial charge in [0.2, 0.25) is 0 Å². The second-order valence-corrected chi connectivity index (χ2v) is 10.2. The Hall–Kier alpha value is -3.43. The lowest BCUT2D eigenvalue weighted by molar-refractivity contribution is 0.0864. The maximum atomic E-state index is 13.3. The molecule has 6 nitrogen and oxygen atoms in total. The van der Waals surface area contributed by atoms with E-state index < -0.39 is 0 Å². The quantitative estimate of drug-likeness (QED) is 0.466. The number of ketones is 1. The summed E-state index contributed by atoms with van der Waals surface area (Å²) in [6.07, 6.45) is 5.90. The van der Waals surface area contributed by atoms with E-state index in [1.54, 1.807) is 36.7 Å². The molecule has 6 heteroatoms. The third-order valence-corrected chi connectivity index (χ3v) is 6.09. The summed E-state index contributed by atoms with van der Waals surface area (Å²) in [5.74, 6) is 1.49. The number of aromatic nitrogens is 2. The standard InChI is InChI=1S/C27H30N4O2/c1-26(2)13-18(14-27(3,4)31-26)11-23(32)19-9-10-25(22(12-19)21-16-29-30-17-21)33-24-8-6-5-7-20(24)15-28/h5-10,12,16-18,31H,11,13-14H2,1-4H3,(H,29,30). The van der Waals surface area contributed by atoms with Gasteiger partial charge in [0.25, 0.3) is 0 Å². The lowest BCUT2D eigenvalue weighted by Gasteiger charge is -2.46. The van der Waals surface area contributed by atoms with Crippen LogP contribution in [0.2, 0.25) is 0 Å². The van der Waals surface area contributed by atoms with Gasteiger partial charge in [0, 0.05) is 40.4 Å². The van der Waals surface area contributed by atoms with Gasteiger partial charge in [0.15, 0.2) is 5.78 Å². The van der Waals surface area contributed by atoms with E-state index in [0.717, 1.165) is 24.0 Å². The first-order valence-electron chi connectivity index (χ1n) is 11.3. The Morgan fingerprint density at radius 3 is 2.52 bits per heavy atom. The van der Waals surface area contributed by atoms with Gasteiger partial charge in [-0.15, -0.1) is 0 Å². The number of hydrogen-bond donors (Lipinski definition) is 2. The molecule has 0 amide bonds. The maximum absolute atomic E-state index is 13.3. The number of benzene rings is 2. The predicted molar refractivity (Wildman–Crippen MR) is 128 cm³/mol. The van der Waals surface area contributed by atoms with Crippen LogP contribution >= 0.6 is 0 Å². The van der Waals surface area contributed by atoms with Crippen molar-refractivity contribution in [2.24, 2.45) is 5.92 Å². The second-order valence-electron chi connectivity index (χ2n) is 10.2.